The lowest BCUT2D eigenvalue weighted by molar-refractivity contribution is 0.0851. The van der Waals surface area contributed by atoms with Crippen LogP contribution in [-0.2, 0) is 0 Å². The molecule has 144 valence electrons. The first-order valence-corrected chi connectivity index (χ1v) is 10.2. The first kappa shape index (κ1) is 19.9. The molecule has 0 spiro atoms. The molecule has 0 bridgehead atoms. The number of hydrogen-bond donors (Lipinski definition) is 2. The number of ketones is 1. The van der Waals surface area contributed by atoms with Gasteiger partial charge in [0, 0.05) is 11.3 Å². The predicted octanol–water partition coefficient (Wildman–Crippen LogP) is 4.88. The van der Waals surface area contributed by atoms with Gasteiger partial charge in [-0.15, -0.1) is 11.3 Å². The topological polar surface area (TPSA) is 82.9 Å². The molecule has 28 heavy (non-hydrogen) atoms. The molecular formula is C22H23N3O2S. The molecule has 2 N–H and O–H groups in total. The average molecular weight is 394 g/mol. The Morgan fingerprint density at radius 3 is 2.50 bits per heavy atom. The van der Waals surface area contributed by atoms with Crippen LogP contribution in [0, 0.1) is 5.41 Å². The van der Waals surface area contributed by atoms with Crippen LogP contribution in [0.5, 0.6) is 0 Å². The van der Waals surface area contributed by atoms with Crippen molar-refractivity contribution in [2.45, 2.75) is 38.6 Å². The van der Waals surface area contributed by atoms with Crippen LogP contribution in [0.2, 0.25) is 0 Å². The van der Waals surface area contributed by atoms with Gasteiger partial charge in [-0.3, -0.25) is 9.59 Å². The SMILES string of the molecule is CC(=N)CCCCC(NC(=O)c1ccccc1)C(=O)c1nc2ccccc2s1. The van der Waals surface area contributed by atoms with E-state index in [1.54, 1.807) is 31.2 Å². The minimum absolute atomic E-state index is 0.156. The number of unbranched alkanes of at least 4 members (excludes halogenated alkanes) is 1. The number of fused-ring (bicyclic) bond motifs is 1. The van der Waals surface area contributed by atoms with Gasteiger partial charge in [-0.2, -0.15) is 0 Å². The molecule has 5 nitrogen and oxygen atoms in total. The first-order valence-electron chi connectivity index (χ1n) is 9.34. The molecule has 2 aromatic carbocycles. The third-order valence-electron chi connectivity index (χ3n) is 4.46. The highest BCUT2D eigenvalue weighted by Crippen LogP contribution is 2.23. The molecule has 6 heteroatoms. The summed E-state index contributed by atoms with van der Waals surface area (Å²) in [5, 5.41) is 10.8. The second kappa shape index (κ2) is 9.37. The van der Waals surface area contributed by atoms with E-state index in [0.29, 0.717) is 29.1 Å². The van der Waals surface area contributed by atoms with Crippen LogP contribution in [0.25, 0.3) is 10.2 Å². The zero-order valence-corrected chi connectivity index (χ0v) is 16.6. The number of thiazole rings is 1. The summed E-state index contributed by atoms with van der Waals surface area (Å²) in [7, 11) is 0. The second-order valence-corrected chi connectivity index (χ2v) is 7.80. The molecule has 3 aromatic rings. The molecule has 1 aromatic heterocycles. The number of nitrogens with one attached hydrogen (secondary N) is 2. The lowest BCUT2D eigenvalue weighted by Crippen LogP contribution is -2.40. The third-order valence-corrected chi connectivity index (χ3v) is 5.51. The van der Waals surface area contributed by atoms with E-state index in [9.17, 15) is 9.59 Å². The van der Waals surface area contributed by atoms with Crippen molar-refractivity contribution in [2.75, 3.05) is 0 Å². The van der Waals surface area contributed by atoms with Gasteiger partial charge in [-0.1, -0.05) is 36.8 Å². The minimum atomic E-state index is -0.626. The highest BCUT2D eigenvalue weighted by atomic mass is 32.1. The van der Waals surface area contributed by atoms with Crippen molar-refractivity contribution in [3.05, 3.63) is 65.2 Å². The number of Topliss-reactive ketones (excluding diaryl/α,β-unsaturated/α-hetero) is 1. The summed E-state index contributed by atoms with van der Waals surface area (Å²) < 4.78 is 0.957. The van der Waals surface area contributed by atoms with E-state index < -0.39 is 6.04 Å². The number of rotatable bonds is 9. The van der Waals surface area contributed by atoms with Gasteiger partial charge in [-0.05, 0) is 50.5 Å². The number of carbonyl (C=O) groups excluding carboxylic acids is 2. The van der Waals surface area contributed by atoms with Crippen molar-refractivity contribution in [1.29, 1.82) is 5.41 Å². The van der Waals surface area contributed by atoms with Crippen LogP contribution >= 0.6 is 11.3 Å². The maximum Gasteiger partial charge on any atom is 0.251 e. The number of nitrogens with zero attached hydrogens (tertiary/aromatic N) is 1. The van der Waals surface area contributed by atoms with Gasteiger partial charge in [-0.25, -0.2) is 4.98 Å². The third kappa shape index (κ3) is 5.10. The fourth-order valence-electron chi connectivity index (χ4n) is 2.97. The van der Waals surface area contributed by atoms with Crippen LogP contribution in [0.3, 0.4) is 0 Å². The van der Waals surface area contributed by atoms with Crippen molar-refractivity contribution >= 4 is 39.0 Å². The number of benzene rings is 2. The standard InChI is InChI=1S/C22H23N3O2S/c1-15(23)9-5-6-13-18(24-21(27)16-10-3-2-4-11-16)20(26)22-25-17-12-7-8-14-19(17)28-22/h2-4,7-8,10-12,14,18,23H,5-6,9,13H2,1H3,(H,24,27). The van der Waals surface area contributed by atoms with Gasteiger partial charge >= 0.3 is 0 Å². The van der Waals surface area contributed by atoms with Crippen LogP contribution in [0.15, 0.2) is 54.6 Å². The van der Waals surface area contributed by atoms with Gasteiger partial charge in [0.15, 0.2) is 5.01 Å². The van der Waals surface area contributed by atoms with Crippen molar-refractivity contribution in [3.8, 4) is 0 Å². The summed E-state index contributed by atoms with van der Waals surface area (Å²) in [5.41, 5.74) is 1.95. The van der Waals surface area contributed by atoms with Gasteiger partial charge in [0.1, 0.15) is 0 Å². The van der Waals surface area contributed by atoms with Crippen LogP contribution in [0.4, 0.5) is 0 Å². The lowest BCUT2D eigenvalue weighted by Gasteiger charge is -2.16. The molecular weight excluding hydrogens is 370 g/mol. The Kier molecular flexibility index (Phi) is 6.66. The van der Waals surface area contributed by atoms with Gasteiger partial charge < -0.3 is 10.7 Å². The van der Waals surface area contributed by atoms with Gasteiger partial charge in [0.05, 0.1) is 16.3 Å². The van der Waals surface area contributed by atoms with Crippen LogP contribution in [-0.4, -0.2) is 28.4 Å². The molecule has 0 saturated heterocycles. The molecule has 1 atom stereocenters. The Labute approximate surface area is 168 Å². The van der Waals surface area contributed by atoms with E-state index in [1.807, 2.05) is 30.3 Å². The Balaban J connectivity index is 1.76. The summed E-state index contributed by atoms with van der Waals surface area (Å²) in [4.78, 5) is 30.1. The average Bonchev–Trinajstić information content (AvgIpc) is 3.14. The molecule has 3 rings (SSSR count). The van der Waals surface area contributed by atoms with E-state index >= 15 is 0 Å². The minimum Gasteiger partial charge on any atom is -0.342 e. The monoisotopic (exact) mass is 393 g/mol. The number of hydrogen-bond acceptors (Lipinski definition) is 5. The normalized spacial score (nSPS) is 11.9. The number of aromatic nitrogens is 1. The Bertz CT molecular complexity index is 949. The van der Waals surface area contributed by atoms with Gasteiger partial charge in [0.2, 0.25) is 5.78 Å². The summed E-state index contributed by atoms with van der Waals surface area (Å²) in [5.74, 6) is -0.416. The zero-order valence-electron chi connectivity index (χ0n) is 15.8. The van der Waals surface area contributed by atoms with E-state index in [1.165, 1.54) is 11.3 Å². The van der Waals surface area contributed by atoms with E-state index in [2.05, 4.69) is 10.3 Å². The van der Waals surface area contributed by atoms with Crippen molar-refractivity contribution < 1.29 is 9.59 Å². The predicted molar refractivity (Wildman–Crippen MR) is 114 cm³/mol. The summed E-state index contributed by atoms with van der Waals surface area (Å²) in [6, 6.07) is 15.9. The summed E-state index contributed by atoms with van der Waals surface area (Å²) in [6.45, 7) is 1.78. The quantitative estimate of drug-likeness (QED) is 0.309. The fraction of sp³-hybridized carbons (Fsp3) is 0.273. The van der Waals surface area contributed by atoms with Crippen molar-refractivity contribution in [1.82, 2.24) is 10.3 Å². The molecule has 0 aliphatic rings. The fourth-order valence-corrected chi connectivity index (χ4v) is 3.93. The van der Waals surface area contributed by atoms with Gasteiger partial charge in [0.25, 0.3) is 5.91 Å². The molecule has 0 aliphatic heterocycles. The van der Waals surface area contributed by atoms with E-state index in [4.69, 9.17) is 5.41 Å². The highest BCUT2D eigenvalue weighted by molar-refractivity contribution is 7.20. The Morgan fingerprint density at radius 2 is 1.79 bits per heavy atom. The van der Waals surface area contributed by atoms with Crippen LogP contribution < -0.4 is 5.32 Å². The highest BCUT2D eigenvalue weighted by Gasteiger charge is 2.25. The maximum atomic E-state index is 13.1. The number of carbonyl (C=O) groups is 2. The second-order valence-electron chi connectivity index (χ2n) is 6.77. The molecule has 0 saturated carbocycles. The smallest absolute Gasteiger partial charge is 0.251 e. The molecule has 1 amide bonds. The number of para-hydroxylation sites is 1. The molecule has 0 aliphatic carbocycles. The largest absolute Gasteiger partial charge is 0.342 e. The van der Waals surface area contributed by atoms with E-state index in [0.717, 1.165) is 23.1 Å². The molecule has 1 unspecified atom stereocenters. The molecule has 0 fully saturated rings. The van der Waals surface area contributed by atoms with E-state index in [-0.39, 0.29) is 11.7 Å². The summed E-state index contributed by atoms with van der Waals surface area (Å²) >= 11 is 1.35. The van der Waals surface area contributed by atoms with Crippen molar-refractivity contribution in [2.24, 2.45) is 0 Å². The lowest BCUT2D eigenvalue weighted by atomic mass is 10.0. The van der Waals surface area contributed by atoms with Crippen LogP contribution in [0.1, 0.15) is 52.8 Å². The molecule has 0 radical (unpaired) electrons. The zero-order chi connectivity index (χ0) is 19.9. The number of amides is 1. The molecule has 1 heterocycles. The first-order chi connectivity index (χ1) is 13.5. The maximum absolute atomic E-state index is 13.1. The Morgan fingerprint density at radius 1 is 1.07 bits per heavy atom. The summed E-state index contributed by atoms with van der Waals surface area (Å²) in [6.07, 6.45) is 2.81. The Hall–Kier alpha value is -2.86. The van der Waals surface area contributed by atoms with Crippen molar-refractivity contribution in [3.63, 3.8) is 0 Å².